The Bertz CT molecular complexity index is 568. The first-order chi connectivity index (χ1) is 10.9. The lowest BCUT2D eigenvalue weighted by molar-refractivity contribution is 0.453. The smallest absolute Gasteiger partial charge is 0.117 e. The molecule has 3 rings (SSSR count). The second kappa shape index (κ2) is 7.54. The summed E-state index contributed by atoms with van der Waals surface area (Å²) in [5.41, 5.74) is 3.24. The fourth-order valence-corrected chi connectivity index (χ4v) is 3.19. The maximum Gasteiger partial charge on any atom is 0.117 e. The standard InChI is InChI=1S/C18H26N4/c1-2-22-20-17(14-19-16-12-8-3-4-9-13-16)18(21-22)15-10-6-5-7-11-15/h5-7,10-11,16,19H,2-4,8-9,12-14H2,1H3. The molecule has 0 amide bonds. The van der Waals surface area contributed by atoms with Crippen molar-refractivity contribution in [2.75, 3.05) is 0 Å². The molecule has 1 N–H and O–H groups in total. The van der Waals surface area contributed by atoms with Gasteiger partial charge in [0.05, 0.1) is 6.54 Å². The van der Waals surface area contributed by atoms with Crippen LogP contribution < -0.4 is 5.32 Å². The molecule has 0 radical (unpaired) electrons. The number of hydrogen-bond acceptors (Lipinski definition) is 3. The molecule has 1 aromatic heterocycles. The van der Waals surface area contributed by atoms with E-state index in [4.69, 9.17) is 0 Å². The van der Waals surface area contributed by atoms with E-state index in [-0.39, 0.29) is 0 Å². The minimum atomic E-state index is 0.637. The molecular formula is C18H26N4. The van der Waals surface area contributed by atoms with Gasteiger partial charge >= 0.3 is 0 Å². The molecule has 1 aliphatic rings. The predicted molar refractivity (Wildman–Crippen MR) is 89.5 cm³/mol. The Hall–Kier alpha value is -1.68. The minimum absolute atomic E-state index is 0.637. The number of rotatable bonds is 5. The van der Waals surface area contributed by atoms with Crippen LogP contribution >= 0.6 is 0 Å². The highest BCUT2D eigenvalue weighted by Crippen LogP contribution is 2.21. The molecule has 22 heavy (non-hydrogen) atoms. The van der Waals surface area contributed by atoms with Crippen molar-refractivity contribution in [3.63, 3.8) is 0 Å². The van der Waals surface area contributed by atoms with Gasteiger partial charge in [-0.25, -0.2) is 0 Å². The van der Waals surface area contributed by atoms with Crippen LogP contribution in [-0.4, -0.2) is 21.0 Å². The molecule has 1 fully saturated rings. The Morgan fingerprint density at radius 3 is 2.45 bits per heavy atom. The number of aromatic nitrogens is 3. The van der Waals surface area contributed by atoms with Crippen molar-refractivity contribution in [1.82, 2.24) is 20.3 Å². The third-order valence-corrected chi connectivity index (χ3v) is 4.47. The summed E-state index contributed by atoms with van der Waals surface area (Å²) in [4.78, 5) is 1.80. The van der Waals surface area contributed by atoms with Gasteiger partial charge in [0.2, 0.25) is 0 Å². The molecule has 1 aliphatic carbocycles. The molecule has 0 unspecified atom stereocenters. The van der Waals surface area contributed by atoms with E-state index < -0.39 is 0 Å². The Morgan fingerprint density at radius 2 is 1.77 bits per heavy atom. The van der Waals surface area contributed by atoms with Crippen molar-refractivity contribution in [3.8, 4) is 11.3 Å². The van der Waals surface area contributed by atoms with Crippen molar-refractivity contribution >= 4 is 0 Å². The minimum Gasteiger partial charge on any atom is -0.308 e. The highest BCUT2D eigenvalue weighted by Gasteiger charge is 2.16. The van der Waals surface area contributed by atoms with Gasteiger partial charge < -0.3 is 5.32 Å². The fourth-order valence-electron chi connectivity index (χ4n) is 3.19. The highest BCUT2D eigenvalue weighted by molar-refractivity contribution is 5.60. The number of nitrogens with zero attached hydrogens (tertiary/aromatic N) is 3. The van der Waals surface area contributed by atoms with Gasteiger partial charge in [-0.15, -0.1) is 0 Å². The molecule has 0 aliphatic heterocycles. The first-order valence-corrected chi connectivity index (χ1v) is 8.59. The molecule has 2 aromatic rings. The average molecular weight is 298 g/mol. The Labute approximate surface area is 132 Å². The molecule has 4 nitrogen and oxygen atoms in total. The lowest BCUT2D eigenvalue weighted by Gasteiger charge is -2.15. The Kier molecular flexibility index (Phi) is 5.22. The summed E-state index contributed by atoms with van der Waals surface area (Å²) >= 11 is 0. The fraction of sp³-hybridized carbons (Fsp3) is 0.556. The van der Waals surface area contributed by atoms with E-state index in [9.17, 15) is 0 Å². The highest BCUT2D eigenvalue weighted by atomic mass is 15.5. The summed E-state index contributed by atoms with van der Waals surface area (Å²) in [5, 5.41) is 13.0. The molecule has 0 spiro atoms. The van der Waals surface area contributed by atoms with Gasteiger partial charge in [0.15, 0.2) is 0 Å². The summed E-state index contributed by atoms with van der Waals surface area (Å²) < 4.78 is 0. The number of nitrogens with one attached hydrogen (secondary N) is 1. The SMILES string of the molecule is CCn1nc(CNC2CCCCCC2)c(-c2ccccc2)n1. The monoisotopic (exact) mass is 298 g/mol. The van der Waals surface area contributed by atoms with Gasteiger partial charge in [-0.3, -0.25) is 0 Å². The van der Waals surface area contributed by atoms with E-state index in [0.29, 0.717) is 6.04 Å². The van der Waals surface area contributed by atoms with Gasteiger partial charge in [0, 0.05) is 18.2 Å². The van der Waals surface area contributed by atoms with E-state index in [1.54, 1.807) is 4.80 Å². The van der Waals surface area contributed by atoms with Crippen LogP contribution in [-0.2, 0) is 13.1 Å². The molecule has 118 valence electrons. The number of aryl methyl sites for hydroxylation is 1. The Balaban J connectivity index is 1.73. The van der Waals surface area contributed by atoms with E-state index in [1.165, 1.54) is 38.5 Å². The number of hydrogen-bond donors (Lipinski definition) is 1. The molecule has 0 saturated heterocycles. The zero-order valence-electron chi connectivity index (χ0n) is 13.5. The first kappa shape index (κ1) is 15.2. The van der Waals surface area contributed by atoms with E-state index >= 15 is 0 Å². The van der Waals surface area contributed by atoms with Crippen molar-refractivity contribution in [2.24, 2.45) is 0 Å². The lowest BCUT2D eigenvalue weighted by atomic mass is 10.1. The zero-order chi connectivity index (χ0) is 15.2. The predicted octanol–water partition coefficient (Wildman–Crippen LogP) is 3.78. The lowest BCUT2D eigenvalue weighted by Crippen LogP contribution is -2.28. The van der Waals surface area contributed by atoms with Crippen LogP contribution in [0.1, 0.15) is 51.1 Å². The average Bonchev–Trinajstić information content (AvgIpc) is 2.81. The van der Waals surface area contributed by atoms with Crippen LogP contribution in [0.2, 0.25) is 0 Å². The summed E-state index contributed by atoms with van der Waals surface area (Å²) in [6.07, 6.45) is 8.07. The van der Waals surface area contributed by atoms with E-state index in [2.05, 4.69) is 46.7 Å². The van der Waals surface area contributed by atoms with Gasteiger partial charge in [0.25, 0.3) is 0 Å². The van der Waals surface area contributed by atoms with E-state index in [1.807, 2.05) is 6.07 Å². The van der Waals surface area contributed by atoms with Crippen LogP contribution in [0, 0.1) is 0 Å². The Morgan fingerprint density at radius 1 is 1.05 bits per heavy atom. The van der Waals surface area contributed by atoms with Crippen molar-refractivity contribution in [1.29, 1.82) is 0 Å². The third kappa shape index (κ3) is 3.74. The first-order valence-electron chi connectivity index (χ1n) is 8.59. The number of benzene rings is 1. The van der Waals surface area contributed by atoms with Gasteiger partial charge in [-0.1, -0.05) is 56.0 Å². The normalized spacial score (nSPS) is 16.6. The molecule has 1 saturated carbocycles. The topological polar surface area (TPSA) is 42.7 Å². The van der Waals surface area contributed by atoms with Crippen LogP contribution in [0.3, 0.4) is 0 Å². The largest absolute Gasteiger partial charge is 0.308 e. The van der Waals surface area contributed by atoms with Crippen molar-refractivity contribution in [3.05, 3.63) is 36.0 Å². The molecule has 1 aromatic carbocycles. The molecule has 0 bridgehead atoms. The molecule has 0 atom stereocenters. The summed E-state index contributed by atoms with van der Waals surface area (Å²) in [6.45, 7) is 3.70. The van der Waals surface area contributed by atoms with Crippen LogP contribution in [0.25, 0.3) is 11.3 Å². The molecule has 1 heterocycles. The quantitative estimate of drug-likeness (QED) is 0.854. The van der Waals surface area contributed by atoms with Gasteiger partial charge in [0.1, 0.15) is 11.4 Å². The van der Waals surface area contributed by atoms with E-state index in [0.717, 1.165) is 30.0 Å². The summed E-state index contributed by atoms with van der Waals surface area (Å²) in [5.74, 6) is 0. The summed E-state index contributed by atoms with van der Waals surface area (Å²) in [6, 6.07) is 11.0. The maximum atomic E-state index is 4.66. The zero-order valence-corrected chi connectivity index (χ0v) is 13.5. The van der Waals surface area contributed by atoms with Crippen molar-refractivity contribution in [2.45, 2.75) is 64.6 Å². The van der Waals surface area contributed by atoms with Gasteiger partial charge in [-0.2, -0.15) is 15.0 Å². The summed E-state index contributed by atoms with van der Waals surface area (Å²) in [7, 11) is 0. The molecule has 4 heteroatoms. The van der Waals surface area contributed by atoms with Gasteiger partial charge in [-0.05, 0) is 19.8 Å². The van der Waals surface area contributed by atoms with Crippen LogP contribution in [0.5, 0.6) is 0 Å². The maximum absolute atomic E-state index is 4.66. The molecular weight excluding hydrogens is 272 g/mol. The second-order valence-corrected chi connectivity index (χ2v) is 6.12. The van der Waals surface area contributed by atoms with Crippen LogP contribution in [0.15, 0.2) is 30.3 Å². The second-order valence-electron chi connectivity index (χ2n) is 6.12. The van der Waals surface area contributed by atoms with Crippen molar-refractivity contribution < 1.29 is 0 Å². The van der Waals surface area contributed by atoms with Crippen LogP contribution in [0.4, 0.5) is 0 Å². The third-order valence-electron chi connectivity index (χ3n) is 4.47.